The summed E-state index contributed by atoms with van der Waals surface area (Å²) in [5.41, 5.74) is 2.77. The number of nitrogens with one attached hydrogen (secondary N) is 6. The van der Waals surface area contributed by atoms with Gasteiger partial charge in [0.15, 0.2) is 0 Å². The summed E-state index contributed by atoms with van der Waals surface area (Å²) in [5.74, 6) is -6.17. The summed E-state index contributed by atoms with van der Waals surface area (Å²) in [5, 5.41) is 34.5. The van der Waals surface area contributed by atoms with Crippen LogP contribution in [0.3, 0.4) is 0 Å². The monoisotopic (exact) mass is 910 g/mol. The summed E-state index contributed by atoms with van der Waals surface area (Å²) in [6.07, 6.45) is -0.0418. The molecule has 0 aliphatic carbocycles. The van der Waals surface area contributed by atoms with Gasteiger partial charge in [0.25, 0.3) is 0 Å². The van der Waals surface area contributed by atoms with Crippen molar-refractivity contribution in [2.45, 2.75) is 76.6 Å². The highest BCUT2D eigenvalue weighted by Crippen LogP contribution is 2.22. The maximum absolute atomic E-state index is 12.3. The van der Waals surface area contributed by atoms with Crippen LogP contribution >= 0.6 is 0 Å². The molecule has 4 rings (SSSR count). The molecule has 4 amide bonds. The van der Waals surface area contributed by atoms with Crippen molar-refractivity contribution in [1.82, 2.24) is 31.2 Å². The first-order valence-corrected chi connectivity index (χ1v) is 20.2. The van der Waals surface area contributed by atoms with E-state index >= 15 is 0 Å². The van der Waals surface area contributed by atoms with E-state index < -0.39 is 24.3 Å². The molecule has 0 fully saturated rings. The number of carbonyl (C=O) groups is 6. The molecule has 0 saturated heterocycles. The summed E-state index contributed by atoms with van der Waals surface area (Å²) >= 11 is 0. The third kappa shape index (κ3) is 23.1. The molecule has 0 radical (unpaired) electrons. The summed E-state index contributed by atoms with van der Waals surface area (Å²) in [6, 6.07) is 18.8. The Kier molecular flexibility index (Phi) is 24.4. The molecule has 4 aromatic rings. The van der Waals surface area contributed by atoms with E-state index in [9.17, 15) is 45.5 Å². The number of hydrogen-bond acceptors (Lipinski definition) is 10. The molecule has 22 heteroatoms. The van der Waals surface area contributed by atoms with Crippen molar-refractivity contribution in [2.24, 2.45) is 0 Å². The van der Waals surface area contributed by atoms with Crippen molar-refractivity contribution in [3.05, 3.63) is 73.1 Å². The number of fused-ring (bicyclic) bond motifs is 2. The van der Waals surface area contributed by atoms with E-state index in [2.05, 4.69) is 41.9 Å². The molecule has 0 spiro atoms. The van der Waals surface area contributed by atoms with E-state index in [1.807, 2.05) is 60.7 Å². The van der Waals surface area contributed by atoms with E-state index in [4.69, 9.17) is 19.8 Å². The van der Waals surface area contributed by atoms with Gasteiger partial charge in [0.2, 0.25) is 23.6 Å². The van der Waals surface area contributed by atoms with Crippen LogP contribution in [-0.4, -0.2) is 107 Å². The molecule has 2 heterocycles. The second-order valence-electron chi connectivity index (χ2n) is 13.8. The average Bonchev–Trinajstić information content (AvgIpc) is 3.25. The van der Waals surface area contributed by atoms with Crippen LogP contribution in [0.1, 0.15) is 64.2 Å². The fourth-order valence-corrected chi connectivity index (χ4v) is 5.45. The molecular weight excluding hydrogens is 858 g/mol. The van der Waals surface area contributed by atoms with E-state index in [0.29, 0.717) is 24.5 Å². The molecule has 0 bridgehead atoms. The van der Waals surface area contributed by atoms with Crippen LogP contribution in [0.15, 0.2) is 73.1 Å². The molecule has 2 aromatic carbocycles. The first-order chi connectivity index (χ1) is 30.4. The van der Waals surface area contributed by atoms with Gasteiger partial charge in [0.05, 0.1) is 22.4 Å². The molecule has 0 atom stereocenters. The Hall–Kier alpha value is -6.42. The van der Waals surface area contributed by atoms with Crippen molar-refractivity contribution in [2.75, 3.05) is 49.9 Å². The zero-order chi connectivity index (χ0) is 47.4. The lowest BCUT2D eigenvalue weighted by Crippen LogP contribution is -2.28. The highest BCUT2D eigenvalue weighted by Gasteiger charge is 2.38. The fourth-order valence-electron chi connectivity index (χ4n) is 5.45. The molecule has 2 aromatic heterocycles. The Morgan fingerprint density at radius 2 is 0.781 bits per heavy atom. The fraction of sp³-hybridized carbons (Fsp3) is 0.429. The number of rotatable bonds is 23. The predicted octanol–water partition coefficient (Wildman–Crippen LogP) is 5.94. The van der Waals surface area contributed by atoms with Crippen molar-refractivity contribution in [3.8, 4) is 0 Å². The van der Waals surface area contributed by atoms with Gasteiger partial charge in [-0.15, -0.1) is 0 Å². The van der Waals surface area contributed by atoms with Crippen molar-refractivity contribution in [3.63, 3.8) is 0 Å². The van der Waals surface area contributed by atoms with E-state index in [1.165, 1.54) is 0 Å². The van der Waals surface area contributed by atoms with Crippen molar-refractivity contribution < 1.29 is 65.3 Å². The number of nitrogens with zero attached hydrogens (tertiary/aromatic N) is 2. The second-order valence-corrected chi connectivity index (χ2v) is 13.8. The number of amides is 4. The van der Waals surface area contributed by atoms with Gasteiger partial charge >= 0.3 is 24.3 Å². The molecule has 64 heavy (non-hydrogen) atoms. The predicted molar refractivity (Wildman–Crippen MR) is 226 cm³/mol. The average molecular weight is 911 g/mol. The topological polar surface area (TPSA) is 241 Å². The minimum atomic E-state index is -5.08. The number of halogens is 6. The molecule has 350 valence electrons. The summed E-state index contributed by atoms with van der Waals surface area (Å²) in [6.45, 7) is 4.74. The van der Waals surface area contributed by atoms with Gasteiger partial charge in [-0.05, 0) is 76.1 Å². The minimum Gasteiger partial charge on any atom is -0.475 e. The Morgan fingerprint density at radius 1 is 0.453 bits per heavy atom. The Labute approximate surface area is 364 Å². The lowest BCUT2D eigenvalue weighted by atomic mass is 10.2. The van der Waals surface area contributed by atoms with Gasteiger partial charge in [0.1, 0.15) is 0 Å². The number of para-hydroxylation sites is 2. The lowest BCUT2D eigenvalue weighted by molar-refractivity contribution is -0.193. The zero-order valence-corrected chi connectivity index (χ0v) is 34.7. The number of pyridine rings is 2. The number of carboxylic acid groups (broad SMARTS) is 2. The first kappa shape index (κ1) is 53.7. The van der Waals surface area contributed by atoms with E-state index in [1.54, 1.807) is 12.4 Å². The van der Waals surface area contributed by atoms with Gasteiger partial charge in [-0.3, -0.25) is 29.1 Å². The zero-order valence-electron chi connectivity index (χ0n) is 34.7. The first-order valence-electron chi connectivity index (χ1n) is 20.2. The Balaban J connectivity index is 0.000000866. The third-order valence-corrected chi connectivity index (χ3v) is 8.62. The molecule has 0 aliphatic rings. The smallest absolute Gasteiger partial charge is 0.475 e. The Bertz CT molecular complexity index is 1950. The second kappa shape index (κ2) is 29.0. The lowest BCUT2D eigenvalue weighted by Gasteiger charge is -2.09. The van der Waals surface area contributed by atoms with Gasteiger partial charge < -0.3 is 42.1 Å². The summed E-state index contributed by atoms with van der Waals surface area (Å²) in [7, 11) is 0. The summed E-state index contributed by atoms with van der Waals surface area (Å²) in [4.78, 5) is 75.4. The maximum atomic E-state index is 12.3. The van der Waals surface area contributed by atoms with Crippen LogP contribution in [0.25, 0.3) is 21.8 Å². The van der Waals surface area contributed by atoms with Crippen LogP contribution < -0.4 is 31.9 Å². The SMILES string of the molecule is O=C(CCC(=O)Nc1cccc2cccnc12)NCCCNCCCCCCNCCCNC(=O)CCC(=O)Nc1cccc2cccnc12.O=C(O)C(F)(F)F.O=C(O)C(F)(F)F. The molecular formula is C42H52F6N8O8. The normalized spacial score (nSPS) is 11.0. The van der Waals surface area contributed by atoms with Crippen molar-refractivity contribution in [1.29, 1.82) is 0 Å². The number of benzene rings is 2. The Morgan fingerprint density at radius 3 is 1.14 bits per heavy atom. The van der Waals surface area contributed by atoms with E-state index in [0.717, 1.165) is 86.5 Å². The largest absolute Gasteiger partial charge is 0.490 e. The van der Waals surface area contributed by atoms with Gasteiger partial charge in [-0.2, -0.15) is 26.3 Å². The maximum Gasteiger partial charge on any atom is 0.490 e. The van der Waals surface area contributed by atoms with Gasteiger partial charge in [0, 0.05) is 61.9 Å². The number of aliphatic carboxylic acids is 2. The molecule has 0 saturated carbocycles. The molecule has 16 nitrogen and oxygen atoms in total. The van der Waals surface area contributed by atoms with E-state index in [-0.39, 0.29) is 49.3 Å². The standard InChI is InChI=1S/C38H50N8O4.2C2HF3O2/c47-33(17-19-35(49)45-31-15-5-11-29-13-7-25-43-37(29)31)41-27-9-23-39-21-3-1-2-4-22-40-24-10-28-42-34(48)18-20-36(50)46-32-16-6-12-30-14-8-26-44-38(30)32;2*3-2(4,5)1(6)7/h5-8,11-16,25-26,39-40H,1-4,9-10,17-24,27-28H2,(H,41,47)(H,42,48)(H,45,49)(H,46,50);2*(H,6,7). The highest BCUT2D eigenvalue weighted by atomic mass is 19.4. The third-order valence-electron chi connectivity index (χ3n) is 8.62. The van der Waals surface area contributed by atoms with Crippen LogP contribution in [-0.2, 0) is 28.8 Å². The molecule has 0 aliphatic heterocycles. The number of unbranched alkanes of at least 4 members (excludes halogenated alkanes) is 3. The number of aromatic nitrogens is 2. The number of carbonyl (C=O) groups excluding carboxylic acids is 4. The molecule has 0 unspecified atom stereocenters. The minimum absolute atomic E-state index is 0.122. The number of anilines is 2. The van der Waals surface area contributed by atoms with Gasteiger partial charge in [-0.25, -0.2) is 9.59 Å². The quantitative estimate of drug-likeness (QED) is 0.0319. The number of alkyl halides is 6. The van der Waals surface area contributed by atoms with Crippen LogP contribution in [0, 0.1) is 0 Å². The number of carboxylic acids is 2. The highest BCUT2D eigenvalue weighted by molar-refractivity contribution is 6.02. The summed E-state index contributed by atoms with van der Waals surface area (Å²) < 4.78 is 63.5. The van der Waals surface area contributed by atoms with Crippen LogP contribution in [0.5, 0.6) is 0 Å². The molecule has 8 N–H and O–H groups in total. The van der Waals surface area contributed by atoms with Gasteiger partial charge in [-0.1, -0.05) is 49.2 Å². The number of hydrogen-bond donors (Lipinski definition) is 8. The van der Waals surface area contributed by atoms with Crippen LogP contribution in [0.2, 0.25) is 0 Å². The van der Waals surface area contributed by atoms with Crippen LogP contribution in [0.4, 0.5) is 37.7 Å². The van der Waals surface area contributed by atoms with Crippen molar-refractivity contribution >= 4 is 68.7 Å².